The Bertz CT molecular complexity index is 645. The molecule has 3 nitrogen and oxygen atoms in total. The van der Waals surface area contributed by atoms with Gasteiger partial charge < -0.3 is 10.1 Å². The Balaban J connectivity index is 1.79. The number of benzene rings is 2. The summed E-state index contributed by atoms with van der Waals surface area (Å²) in [7, 11) is 1.41. The van der Waals surface area contributed by atoms with Crippen molar-refractivity contribution in [2.45, 2.75) is 38.1 Å². The molecule has 3 heteroatoms. The van der Waals surface area contributed by atoms with Crippen LogP contribution in [0.5, 0.6) is 0 Å². The van der Waals surface area contributed by atoms with E-state index < -0.39 is 0 Å². The molecule has 1 aliphatic carbocycles. The fraction of sp³-hybridized carbons (Fsp3) is 0.381. The highest BCUT2D eigenvalue weighted by molar-refractivity contribution is 5.89. The second kappa shape index (κ2) is 8.00. The smallest absolute Gasteiger partial charge is 0.337 e. The van der Waals surface area contributed by atoms with Crippen LogP contribution in [-0.2, 0) is 4.74 Å². The average molecular weight is 323 g/mol. The highest BCUT2D eigenvalue weighted by atomic mass is 16.5. The third-order valence-electron chi connectivity index (χ3n) is 4.91. The SMILES string of the molecule is COC(=O)c1ccc(NC(c2ccccc2)C2CCCCC2)cc1. The second-order valence-electron chi connectivity index (χ2n) is 6.50. The van der Waals surface area contributed by atoms with Crippen LogP contribution >= 0.6 is 0 Å². The van der Waals surface area contributed by atoms with Gasteiger partial charge in [-0.1, -0.05) is 49.6 Å². The van der Waals surface area contributed by atoms with E-state index in [1.165, 1.54) is 44.8 Å². The maximum atomic E-state index is 11.6. The first kappa shape index (κ1) is 16.6. The summed E-state index contributed by atoms with van der Waals surface area (Å²) in [5.41, 5.74) is 2.96. The number of anilines is 1. The molecular weight excluding hydrogens is 298 g/mol. The molecule has 1 N–H and O–H groups in total. The first-order chi connectivity index (χ1) is 11.8. The molecule has 1 fully saturated rings. The van der Waals surface area contributed by atoms with E-state index in [-0.39, 0.29) is 5.97 Å². The fourth-order valence-corrected chi connectivity index (χ4v) is 3.60. The van der Waals surface area contributed by atoms with Gasteiger partial charge in [0, 0.05) is 5.69 Å². The van der Waals surface area contributed by atoms with Gasteiger partial charge in [0.25, 0.3) is 0 Å². The number of carbonyl (C=O) groups excluding carboxylic acids is 1. The summed E-state index contributed by atoms with van der Waals surface area (Å²) in [4.78, 5) is 11.6. The molecule has 0 saturated heterocycles. The molecule has 126 valence electrons. The van der Waals surface area contributed by atoms with Crippen molar-refractivity contribution in [3.8, 4) is 0 Å². The normalized spacial score (nSPS) is 16.4. The van der Waals surface area contributed by atoms with Gasteiger partial charge in [-0.2, -0.15) is 0 Å². The number of ether oxygens (including phenoxy) is 1. The highest BCUT2D eigenvalue weighted by Gasteiger charge is 2.25. The van der Waals surface area contributed by atoms with Crippen LogP contribution in [0.4, 0.5) is 5.69 Å². The van der Waals surface area contributed by atoms with Gasteiger partial charge in [0.2, 0.25) is 0 Å². The molecule has 2 aromatic rings. The Kier molecular flexibility index (Phi) is 5.52. The van der Waals surface area contributed by atoms with E-state index in [9.17, 15) is 4.79 Å². The maximum absolute atomic E-state index is 11.6. The Morgan fingerprint density at radius 2 is 1.67 bits per heavy atom. The molecule has 1 unspecified atom stereocenters. The van der Waals surface area contributed by atoms with Gasteiger partial charge in [-0.05, 0) is 48.6 Å². The van der Waals surface area contributed by atoms with Gasteiger partial charge in [-0.3, -0.25) is 0 Å². The lowest BCUT2D eigenvalue weighted by Gasteiger charge is -2.32. The molecule has 1 saturated carbocycles. The zero-order chi connectivity index (χ0) is 16.8. The van der Waals surface area contributed by atoms with Crippen LogP contribution in [0.2, 0.25) is 0 Å². The lowest BCUT2D eigenvalue weighted by atomic mass is 9.81. The van der Waals surface area contributed by atoms with Crippen molar-refractivity contribution >= 4 is 11.7 Å². The molecule has 1 aliphatic rings. The Morgan fingerprint density at radius 3 is 2.29 bits per heavy atom. The number of rotatable bonds is 5. The molecule has 0 radical (unpaired) electrons. The van der Waals surface area contributed by atoms with E-state index in [1.54, 1.807) is 0 Å². The molecule has 2 aromatic carbocycles. The van der Waals surface area contributed by atoms with Crippen LogP contribution in [0.15, 0.2) is 54.6 Å². The summed E-state index contributed by atoms with van der Waals surface area (Å²) in [5.74, 6) is 0.356. The zero-order valence-corrected chi connectivity index (χ0v) is 14.2. The van der Waals surface area contributed by atoms with Crippen LogP contribution in [0.1, 0.15) is 54.1 Å². The third-order valence-corrected chi connectivity index (χ3v) is 4.91. The van der Waals surface area contributed by atoms with Gasteiger partial charge in [0.15, 0.2) is 0 Å². The number of hydrogen-bond donors (Lipinski definition) is 1. The van der Waals surface area contributed by atoms with Crippen LogP contribution in [0.25, 0.3) is 0 Å². The number of carbonyl (C=O) groups is 1. The van der Waals surface area contributed by atoms with E-state index in [2.05, 4.69) is 35.6 Å². The van der Waals surface area contributed by atoms with Crippen molar-refractivity contribution < 1.29 is 9.53 Å². The molecule has 0 heterocycles. The lowest BCUT2D eigenvalue weighted by molar-refractivity contribution is 0.0601. The first-order valence-corrected chi connectivity index (χ1v) is 8.78. The fourth-order valence-electron chi connectivity index (χ4n) is 3.60. The van der Waals surface area contributed by atoms with Crippen molar-refractivity contribution in [2.24, 2.45) is 5.92 Å². The van der Waals surface area contributed by atoms with Crippen LogP contribution in [0, 0.1) is 5.92 Å². The summed E-state index contributed by atoms with van der Waals surface area (Å²) in [6.45, 7) is 0. The molecular formula is C21H25NO2. The Morgan fingerprint density at radius 1 is 1.00 bits per heavy atom. The van der Waals surface area contributed by atoms with E-state index in [1.807, 2.05) is 24.3 Å². The van der Waals surface area contributed by atoms with Gasteiger partial charge in [-0.25, -0.2) is 4.79 Å². The predicted octanol–water partition coefficient (Wildman–Crippen LogP) is 5.21. The summed E-state index contributed by atoms with van der Waals surface area (Å²) in [6.07, 6.45) is 6.53. The van der Waals surface area contributed by atoms with E-state index in [0.29, 0.717) is 17.5 Å². The van der Waals surface area contributed by atoms with E-state index >= 15 is 0 Å². The van der Waals surface area contributed by atoms with Crippen molar-refractivity contribution in [1.29, 1.82) is 0 Å². The highest BCUT2D eigenvalue weighted by Crippen LogP contribution is 2.36. The summed E-state index contributed by atoms with van der Waals surface area (Å²) in [5, 5.41) is 3.70. The van der Waals surface area contributed by atoms with Crippen molar-refractivity contribution in [3.05, 3.63) is 65.7 Å². The minimum absolute atomic E-state index is 0.298. The molecule has 24 heavy (non-hydrogen) atoms. The molecule has 0 spiro atoms. The van der Waals surface area contributed by atoms with Crippen molar-refractivity contribution in [2.75, 3.05) is 12.4 Å². The van der Waals surface area contributed by atoms with Crippen molar-refractivity contribution in [1.82, 2.24) is 0 Å². The van der Waals surface area contributed by atoms with Gasteiger partial charge in [-0.15, -0.1) is 0 Å². The molecule has 1 atom stereocenters. The standard InChI is InChI=1S/C21H25NO2/c1-24-21(23)18-12-14-19(15-13-18)22-20(16-8-4-2-5-9-16)17-10-6-3-7-11-17/h2,4-5,8-9,12-15,17,20,22H,3,6-7,10-11H2,1H3. The topological polar surface area (TPSA) is 38.3 Å². The Labute approximate surface area is 144 Å². The number of hydrogen-bond acceptors (Lipinski definition) is 3. The van der Waals surface area contributed by atoms with Crippen LogP contribution in [-0.4, -0.2) is 13.1 Å². The lowest BCUT2D eigenvalue weighted by Crippen LogP contribution is -2.23. The van der Waals surface area contributed by atoms with Crippen LogP contribution in [0.3, 0.4) is 0 Å². The quantitative estimate of drug-likeness (QED) is 0.768. The minimum Gasteiger partial charge on any atom is -0.465 e. The van der Waals surface area contributed by atoms with Crippen LogP contribution < -0.4 is 5.32 Å². The van der Waals surface area contributed by atoms with E-state index in [4.69, 9.17) is 4.74 Å². The molecule has 0 amide bonds. The number of methoxy groups -OCH3 is 1. The van der Waals surface area contributed by atoms with Crippen molar-refractivity contribution in [3.63, 3.8) is 0 Å². The summed E-state index contributed by atoms with van der Waals surface area (Å²) < 4.78 is 4.76. The maximum Gasteiger partial charge on any atom is 0.337 e. The first-order valence-electron chi connectivity index (χ1n) is 8.78. The van der Waals surface area contributed by atoms with E-state index in [0.717, 1.165) is 5.69 Å². The summed E-state index contributed by atoms with van der Waals surface area (Å²) in [6, 6.07) is 18.6. The molecule has 0 bridgehead atoms. The Hall–Kier alpha value is -2.29. The van der Waals surface area contributed by atoms with Gasteiger partial charge in [0.1, 0.15) is 0 Å². The molecule has 3 rings (SSSR count). The molecule has 0 aliphatic heterocycles. The third kappa shape index (κ3) is 3.97. The van der Waals surface area contributed by atoms with Gasteiger partial charge in [0.05, 0.1) is 18.7 Å². The average Bonchev–Trinajstić information content (AvgIpc) is 2.67. The second-order valence-corrected chi connectivity index (χ2v) is 6.50. The minimum atomic E-state index is -0.298. The predicted molar refractivity (Wildman–Crippen MR) is 97.2 cm³/mol. The zero-order valence-electron chi connectivity index (χ0n) is 14.2. The monoisotopic (exact) mass is 323 g/mol. The van der Waals surface area contributed by atoms with Gasteiger partial charge >= 0.3 is 5.97 Å². The largest absolute Gasteiger partial charge is 0.465 e. The summed E-state index contributed by atoms with van der Waals surface area (Å²) >= 11 is 0. The number of nitrogens with one attached hydrogen (secondary N) is 1. The number of esters is 1. The molecule has 0 aromatic heterocycles.